The summed E-state index contributed by atoms with van der Waals surface area (Å²) in [6.07, 6.45) is 0. The maximum absolute atomic E-state index is 2.51. The van der Waals surface area contributed by atoms with Crippen LogP contribution in [0.3, 0.4) is 0 Å². The molecule has 2 aromatic heterocycles. The van der Waals surface area contributed by atoms with Gasteiger partial charge >= 0.3 is 0 Å². The molecule has 47 heavy (non-hydrogen) atoms. The van der Waals surface area contributed by atoms with Gasteiger partial charge in [-0.15, -0.1) is 0 Å². The Morgan fingerprint density at radius 1 is 0.404 bits per heavy atom. The van der Waals surface area contributed by atoms with Crippen LogP contribution in [0.1, 0.15) is 0 Å². The van der Waals surface area contributed by atoms with E-state index in [2.05, 4.69) is 167 Å². The summed E-state index contributed by atoms with van der Waals surface area (Å²) in [5, 5.41) is 10.2. The second kappa shape index (κ2) is 9.38. The van der Waals surface area contributed by atoms with E-state index >= 15 is 0 Å². The number of rotatable bonds is 2. The van der Waals surface area contributed by atoms with Gasteiger partial charge in [0, 0.05) is 37.0 Å². The monoisotopic (exact) mass is 614 g/mol. The molecular weight excluding hydrogens is 589 g/mol. The van der Waals surface area contributed by atoms with Crippen LogP contribution >= 0.6 is 11.8 Å². The molecule has 10 aromatic rings. The molecule has 0 fully saturated rings. The summed E-state index contributed by atoms with van der Waals surface area (Å²) < 4.78 is 4.95. The topological polar surface area (TPSA) is 9.86 Å². The van der Waals surface area contributed by atoms with Crippen molar-refractivity contribution in [3.8, 4) is 22.5 Å². The Morgan fingerprint density at radius 3 is 1.87 bits per heavy atom. The molecule has 0 radical (unpaired) electrons. The van der Waals surface area contributed by atoms with Crippen molar-refractivity contribution >= 4 is 76.9 Å². The van der Waals surface area contributed by atoms with Gasteiger partial charge in [0.1, 0.15) is 0 Å². The summed E-state index contributed by atoms with van der Waals surface area (Å²) in [5.41, 5.74) is 9.93. The van der Waals surface area contributed by atoms with E-state index in [9.17, 15) is 0 Å². The lowest BCUT2D eigenvalue weighted by atomic mass is 10.0. The number of nitrogens with zero attached hydrogens (tertiary/aromatic N) is 2. The molecular formula is C44H26N2S. The molecule has 0 saturated carbocycles. The molecule has 1 aliphatic heterocycles. The Labute approximate surface area is 275 Å². The van der Waals surface area contributed by atoms with Crippen LogP contribution < -0.4 is 0 Å². The van der Waals surface area contributed by atoms with E-state index in [1.54, 1.807) is 0 Å². The highest BCUT2D eigenvalue weighted by molar-refractivity contribution is 8.00. The number of benzene rings is 8. The molecule has 0 unspecified atom stereocenters. The Kier molecular flexibility index (Phi) is 5.08. The first-order valence-electron chi connectivity index (χ1n) is 16.1. The van der Waals surface area contributed by atoms with Crippen molar-refractivity contribution in [3.63, 3.8) is 0 Å². The molecule has 3 heteroatoms. The molecule has 0 bridgehead atoms. The fourth-order valence-electron chi connectivity index (χ4n) is 7.91. The third kappa shape index (κ3) is 3.52. The zero-order valence-corrected chi connectivity index (χ0v) is 26.1. The summed E-state index contributed by atoms with van der Waals surface area (Å²) in [5.74, 6) is 0. The highest BCUT2D eigenvalue weighted by atomic mass is 32.2. The third-order valence-electron chi connectivity index (χ3n) is 10.0. The van der Waals surface area contributed by atoms with Crippen molar-refractivity contribution in [1.29, 1.82) is 0 Å². The highest BCUT2D eigenvalue weighted by Gasteiger charge is 2.26. The van der Waals surface area contributed by atoms with E-state index in [-0.39, 0.29) is 0 Å². The van der Waals surface area contributed by atoms with E-state index in [4.69, 9.17) is 0 Å². The zero-order valence-electron chi connectivity index (χ0n) is 25.3. The maximum Gasteiger partial charge on any atom is 0.0687 e. The second-order valence-electron chi connectivity index (χ2n) is 12.6. The number of aromatic nitrogens is 2. The van der Waals surface area contributed by atoms with Gasteiger partial charge in [-0.1, -0.05) is 121 Å². The summed E-state index contributed by atoms with van der Waals surface area (Å²) in [4.78, 5) is 2.60. The van der Waals surface area contributed by atoms with Gasteiger partial charge in [0.05, 0.1) is 27.8 Å². The molecule has 8 aromatic carbocycles. The Morgan fingerprint density at radius 2 is 1.04 bits per heavy atom. The lowest BCUT2D eigenvalue weighted by Crippen LogP contribution is -2.03. The minimum atomic E-state index is 1.17. The van der Waals surface area contributed by atoms with Crippen LogP contribution in [0.2, 0.25) is 0 Å². The van der Waals surface area contributed by atoms with Gasteiger partial charge in [-0.05, 0) is 81.2 Å². The van der Waals surface area contributed by atoms with Crippen LogP contribution in [0.5, 0.6) is 0 Å². The predicted octanol–water partition coefficient (Wildman–Crippen LogP) is 12.3. The van der Waals surface area contributed by atoms with Crippen molar-refractivity contribution in [1.82, 2.24) is 9.13 Å². The first kappa shape index (κ1) is 25.4. The van der Waals surface area contributed by atoms with Gasteiger partial charge in [0.15, 0.2) is 0 Å². The largest absolute Gasteiger partial charge is 0.309 e. The van der Waals surface area contributed by atoms with Gasteiger partial charge in [-0.25, -0.2) is 0 Å². The number of para-hydroxylation sites is 2. The lowest BCUT2D eigenvalue weighted by Gasteiger charge is -2.23. The van der Waals surface area contributed by atoms with Gasteiger partial charge in [0.25, 0.3) is 0 Å². The summed E-state index contributed by atoms with van der Waals surface area (Å²) in [6.45, 7) is 0. The highest BCUT2D eigenvalue weighted by Crippen LogP contribution is 2.51. The first-order chi connectivity index (χ1) is 23.3. The smallest absolute Gasteiger partial charge is 0.0687 e. The van der Waals surface area contributed by atoms with E-state index in [1.807, 2.05) is 11.8 Å². The normalized spacial score (nSPS) is 12.6. The van der Waals surface area contributed by atoms with Gasteiger partial charge < -0.3 is 9.13 Å². The maximum atomic E-state index is 2.51. The van der Waals surface area contributed by atoms with E-state index in [0.29, 0.717) is 0 Å². The summed E-state index contributed by atoms with van der Waals surface area (Å²) in [7, 11) is 0. The van der Waals surface area contributed by atoms with Crippen LogP contribution in [-0.2, 0) is 0 Å². The molecule has 1 aliphatic rings. The van der Waals surface area contributed by atoms with Crippen LogP contribution in [0.4, 0.5) is 0 Å². The average Bonchev–Trinajstić information content (AvgIpc) is 3.63. The van der Waals surface area contributed by atoms with Crippen molar-refractivity contribution in [2.24, 2.45) is 0 Å². The van der Waals surface area contributed by atoms with Crippen molar-refractivity contribution < 1.29 is 0 Å². The van der Waals surface area contributed by atoms with Gasteiger partial charge in [-0.2, -0.15) is 0 Å². The van der Waals surface area contributed by atoms with Crippen LogP contribution in [-0.4, -0.2) is 9.13 Å². The fourth-order valence-corrected chi connectivity index (χ4v) is 9.16. The van der Waals surface area contributed by atoms with Gasteiger partial charge in [0.2, 0.25) is 0 Å². The van der Waals surface area contributed by atoms with Crippen molar-refractivity contribution in [2.75, 3.05) is 0 Å². The molecule has 0 N–H and O–H groups in total. The Hall–Kier alpha value is -5.77. The number of hydrogen-bond acceptors (Lipinski definition) is 1. The molecule has 0 aliphatic carbocycles. The molecule has 218 valence electrons. The first-order valence-corrected chi connectivity index (χ1v) is 16.9. The van der Waals surface area contributed by atoms with Crippen LogP contribution in [0.25, 0.3) is 87.7 Å². The molecule has 0 amide bonds. The average molecular weight is 615 g/mol. The molecule has 2 nitrogen and oxygen atoms in total. The SMILES string of the molecule is c1ccc(-n2c3cc(-c4ccc5c6ccccc6n6c5c4Sc4cc5ccccc5cc4-6)ccc3c3cc4ccccc4cc32)cc1. The fraction of sp³-hybridized carbons (Fsp3) is 0. The van der Waals surface area contributed by atoms with Crippen molar-refractivity contribution in [2.45, 2.75) is 9.79 Å². The standard InChI is InChI=1S/C44H26N2S/c1-2-14-32(15-3-1)45-39-25-31(18-19-35(39)37-22-27-10-4-5-11-28(27)23-40(37)45)33-20-21-36-34-16-8-9-17-38(34)46-41-24-29-12-6-7-13-30(29)26-42(41)47-44(33)43(36)46/h1-26H. The predicted molar refractivity (Wildman–Crippen MR) is 200 cm³/mol. The van der Waals surface area contributed by atoms with E-state index in [1.165, 1.54) is 97.4 Å². The van der Waals surface area contributed by atoms with E-state index < -0.39 is 0 Å². The minimum absolute atomic E-state index is 1.17. The molecule has 0 atom stereocenters. The molecule has 0 saturated heterocycles. The molecule has 0 spiro atoms. The number of hydrogen-bond donors (Lipinski definition) is 0. The summed E-state index contributed by atoms with van der Waals surface area (Å²) in [6, 6.07) is 58.2. The van der Waals surface area contributed by atoms with Crippen LogP contribution in [0, 0.1) is 0 Å². The van der Waals surface area contributed by atoms with Crippen LogP contribution in [0.15, 0.2) is 168 Å². The van der Waals surface area contributed by atoms with Gasteiger partial charge in [-0.3, -0.25) is 0 Å². The Bertz CT molecular complexity index is 2930. The molecule has 11 rings (SSSR count). The number of fused-ring (bicyclic) bond motifs is 10. The third-order valence-corrected chi connectivity index (χ3v) is 11.2. The van der Waals surface area contributed by atoms with E-state index in [0.717, 1.165) is 0 Å². The summed E-state index contributed by atoms with van der Waals surface area (Å²) >= 11 is 1.91. The zero-order chi connectivity index (χ0) is 30.6. The quantitative estimate of drug-likeness (QED) is 0.188. The minimum Gasteiger partial charge on any atom is -0.309 e. The lowest BCUT2D eigenvalue weighted by molar-refractivity contribution is 1.10. The molecule has 3 heterocycles. The van der Waals surface area contributed by atoms with Crippen molar-refractivity contribution in [3.05, 3.63) is 158 Å². The Balaban J connectivity index is 1.23. The second-order valence-corrected chi connectivity index (χ2v) is 13.6.